The lowest BCUT2D eigenvalue weighted by Crippen LogP contribution is -2.71. The first-order valence-electron chi connectivity index (χ1n) is 13.5. The van der Waals surface area contributed by atoms with Gasteiger partial charge in [0, 0.05) is 36.1 Å². The van der Waals surface area contributed by atoms with Gasteiger partial charge in [-0.3, -0.25) is 19.2 Å². The fourth-order valence-corrected chi connectivity index (χ4v) is 7.09. The summed E-state index contributed by atoms with van der Waals surface area (Å²) < 4.78 is 30.5. The molecule has 3 heterocycles. The van der Waals surface area contributed by atoms with Crippen LogP contribution in [0, 0.1) is 11.8 Å². The van der Waals surface area contributed by atoms with E-state index in [-0.39, 0.29) is 25.2 Å². The molecule has 4 amide bonds. The van der Waals surface area contributed by atoms with Crippen molar-refractivity contribution in [2.45, 2.75) is 61.8 Å². The molecule has 5 atom stereocenters. The van der Waals surface area contributed by atoms with Crippen LogP contribution in [0.3, 0.4) is 0 Å². The standard InChI is InChI=1S/C29H30F2N4O5/c30-28(31)14-16-9-10-21(28)23(26(38)34-22(24(32)36)13-15-11-12-33-25(15)37)35(16)27(39)29(40)19-7-3-1-5-17(19)18-6-2-4-8-20(18)29/h1-8,15-16,21-23,40H,9-14H2,(H2,32,36)(H,33,37)(H,34,38)/t15-,16-,21-,22-,23+/m0/s1. The number of carbonyl (C=O) groups excluding carboxylic acids is 4. The van der Waals surface area contributed by atoms with E-state index in [1.807, 2.05) is 0 Å². The van der Waals surface area contributed by atoms with Crippen LogP contribution in [0.2, 0.25) is 0 Å². The number of amides is 4. The normalized spacial score (nSPS) is 27.9. The van der Waals surface area contributed by atoms with Crippen LogP contribution >= 0.6 is 0 Å². The van der Waals surface area contributed by atoms with Gasteiger partial charge in [-0.05, 0) is 36.8 Å². The third-order valence-corrected chi connectivity index (χ3v) is 9.01. The number of halogens is 2. The van der Waals surface area contributed by atoms with Gasteiger partial charge in [0.25, 0.3) is 11.8 Å². The maximum atomic E-state index is 15.2. The summed E-state index contributed by atoms with van der Waals surface area (Å²) in [6.07, 6.45) is -0.0218. The fraction of sp³-hybridized carbons (Fsp3) is 0.448. The molecule has 4 fully saturated rings. The smallest absolute Gasteiger partial charge is 0.264 e. The summed E-state index contributed by atoms with van der Waals surface area (Å²) in [6, 6.07) is 9.78. The molecule has 1 saturated carbocycles. The Bertz CT molecular complexity index is 1370. The summed E-state index contributed by atoms with van der Waals surface area (Å²) in [6.45, 7) is 0.422. The van der Waals surface area contributed by atoms with Crippen molar-refractivity contribution in [3.05, 3.63) is 59.7 Å². The van der Waals surface area contributed by atoms with Gasteiger partial charge in [-0.25, -0.2) is 8.78 Å². The first-order chi connectivity index (χ1) is 19.0. The Balaban J connectivity index is 1.37. The Morgan fingerprint density at radius 2 is 1.68 bits per heavy atom. The minimum atomic E-state index is -3.23. The molecule has 210 valence electrons. The fourth-order valence-electron chi connectivity index (χ4n) is 7.09. The molecule has 5 N–H and O–H groups in total. The minimum Gasteiger partial charge on any atom is -0.372 e. The van der Waals surface area contributed by atoms with E-state index in [4.69, 9.17) is 5.73 Å². The number of carbonyl (C=O) groups is 4. The van der Waals surface area contributed by atoms with Crippen molar-refractivity contribution in [3.8, 4) is 11.1 Å². The first-order valence-corrected chi connectivity index (χ1v) is 13.5. The molecule has 9 nitrogen and oxygen atoms in total. The van der Waals surface area contributed by atoms with Crippen molar-refractivity contribution < 1.29 is 33.1 Å². The van der Waals surface area contributed by atoms with Gasteiger partial charge in [0.05, 0.1) is 5.92 Å². The maximum absolute atomic E-state index is 15.2. The zero-order chi connectivity index (χ0) is 28.4. The van der Waals surface area contributed by atoms with Crippen LogP contribution in [-0.2, 0) is 24.8 Å². The predicted octanol–water partition coefficient (Wildman–Crippen LogP) is 1.41. The molecule has 11 heteroatoms. The minimum absolute atomic E-state index is 0.00257. The van der Waals surface area contributed by atoms with Gasteiger partial charge in [-0.15, -0.1) is 0 Å². The topological polar surface area (TPSA) is 142 Å². The molecule has 5 aliphatic rings. The first kappa shape index (κ1) is 26.4. The summed E-state index contributed by atoms with van der Waals surface area (Å²) in [5.74, 6) is -8.30. The predicted molar refractivity (Wildman–Crippen MR) is 138 cm³/mol. The average Bonchev–Trinajstić information content (AvgIpc) is 3.46. The lowest BCUT2D eigenvalue weighted by Gasteiger charge is -2.55. The number of hydrogen-bond donors (Lipinski definition) is 4. The summed E-state index contributed by atoms with van der Waals surface area (Å²) in [4.78, 5) is 53.6. The molecular formula is C29H30F2N4O5. The third kappa shape index (κ3) is 3.89. The summed E-state index contributed by atoms with van der Waals surface area (Å²) >= 11 is 0. The zero-order valence-corrected chi connectivity index (χ0v) is 21.6. The molecule has 2 aliphatic carbocycles. The Morgan fingerprint density at radius 1 is 1.05 bits per heavy atom. The number of primary amides is 1. The monoisotopic (exact) mass is 552 g/mol. The van der Waals surface area contributed by atoms with Gasteiger partial charge in [-0.2, -0.15) is 0 Å². The van der Waals surface area contributed by atoms with E-state index in [9.17, 15) is 24.3 Å². The van der Waals surface area contributed by atoms with Gasteiger partial charge in [0.1, 0.15) is 12.1 Å². The van der Waals surface area contributed by atoms with Gasteiger partial charge >= 0.3 is 0 Å². The molecule has 0 aromatic heterocycles. The van der Waals surface area contributed by atoms with E-state index in [1.165, 1.54) is 0 Å². The second-order valence-corrected chi connectivity index (χ2v) is 11.2. The number of nitrogens with two attached hydrogens (primary N) is 1. The number of aliphatic hydroxyl groups is 1. The van der Waals surface area contributed by atoms with Crippen LogP contribution in [0.5, 0.6) is 0 Å². The lowest BCUT2D eigenvalue weighted by atomic mass is 9.70. The van der Waals surface area contributed by atoms with E-state index in [1.54, 1.807) is 48.5 Å². The molecular weight excluding hydrogens is 522 g/mol. The van der Waals surface area contributed by atoms with Crippen LogP contribution < -0.4 is 16.4 Å². The largest absolute Gasteiger partial charge is 0.372 e. The van der Waals surface area contributed by atoms with Gasteiger partial charge in [-0.1, -0.05) is 48.5 Å². The van der Waals surface area contributed by atoms with Crippen molar-refractivity contribution in [2.24, 2.45) is 17.6 Å². The highest BCUT2D eigenvalue weighted by molar-refractivity contribution is 6.01. The summed E-state index contributed by atoms with van der Waals surface area (Å²) in [7, 11) is 0. The second-order valence-electron chi connectivity index (χ2n) is 11.2. The zero-order valence-electron chi connectivity index (χ0n) is 21.6. The molecule has 3 aliphatic heterocycles. The van der Waals surface area contributed by atoms with Crippen molar-refractivity contribution in [2.75, 3.05) is 6.54 Å². The maximum Gasteiger partial charge on any atom is 0.264 e. The van der Waals surface area contributed by atoms with Crippen LogP contribution in [-0.4, -0.2) is 64.2 Å². The molecule has 3 saturated heterocycles. The van der Waals surface area contributed by atoms with E-state index < -0.39 is 65.6 Å². The Kier molecular flexibility index (Phi) is 6.17. The number of nitrogens with zero attached hydrogens (tertiary/aromatic N) is 1. The molecule has 0 spiro atoms. The van der Waals surface area contributed by atoms with Crippen molar-refractivity contribution in [1.29, 1.82) is 0 Å². The van der Waals surface area contributed by atoms with Gasteiger partial charge in [0.2, 0.25) is 17.7 Å². The van der Waals surface area contributed by atoms with Crippen molar-refractivity contribution >= 4 is 23.6 Å². The Labute approximate surface area is 229 Å². The Hall–Kier alpha value is -3.86. The molecule has 40 heavy (non-hydrogen) atoms. The van der Waals surface area contributed by atoms with Crippen molar-refractivity contribution in [1.82, 2.24) is 15.5 Å². The number of benzene rings is 2. The molecule has 0 radical (unpaired) electrons. The molecule has 0 unspecified atom stereocenters. The highest BCUT2D eigenvalue weighted by atomic mass is 19.3. The molecule has 7 rings (SSSR count). The van der Waals surface area contributed by atoms with E-state index in [0.29, 0.717) is 35.2 Å². The highest BCUT2D eigenvalue weighted by Gasteiger charge is 2.63. The summed E-state index contributed by atoms with van der Waals surface area (Å²) in [5.41, 5.74) is 5.26. The second kappa shape index (κ2) is 9.36. The number of fused-ring (bicyclic) bond motifs is 6. The molecule has 2 bridgehead atoms. The van der Waals surface area contributed by atoms with Gasteiger partial charge in [0.15, 0.2) is 5.60 Å². The van der Waals surface area contributed by atoms with Crippen LogP contribution in [0.25, 0.3) is 11.1 Å². The molecule has 2 aromatic carbocycles. The van der Waals surface area contributed by atoms with Crippen LogP contribution in [0.15, 0.2) is 48.5 Å². The summed E-state index contributed by atoms with van der Waals surface area (Å²) in [5, 5.41) is 17.3. The highest BCUT2D eigenvalue weighted by Crippen LogP contribution is 2.53. The number of piperidine rings is 2. The van der Waals surface area contributed by atoms with E-state index >= 15 is 8.78 Å². The quantitative estimate of drug-likeness (QED) is 0.429. The number of alkyl halides is 2. The SMILES string of the molecule is NC(=O)[C@H](C[C@@H]1CCNC1=O)NC(=O)[C@H]1[C@@H]2CC[C@@H](CC2(F)F)N1C(=O)C1(O)c2ccccc2-c2ccccc21. The van der Waals surface area contributed by atoms with E-state index in [2.05, 4.69) is 10.6 Å². The molecule has 2 aromatic rings. The average molecular weight is 553 g/mol. The van der Waals surface area contributed by atoms with Gasteiger partial charge < -0.3 is 26.4 Å². The van der Waals surface area contributed by atoms with Crippen LogP contribution in [0.1, 0.15) is 43.2 Å². The van der Waals surface area contributed by atoms with Crippen molar-refractivity contribution in [3.63, 3.8) is 0 Å². The Morgan fingerprint density at radius 3 is 2.23 bits per heavy atom. The third-order valence-electron chi connectivity index (χ3n) is 9.01. The number of hydrogen-bond acceptors (Lipinski definition) is 5. The number of nitrogens with one attached hydrogen (secondary N) is 2. The van der Waals surface area contributed by atoms with E-state index in [0.717, 1.165) is 4.90 Å². The van der Waals surface area contributed by atoms with Crippen LogP contribution in [0.4, 0.5) is 8.78 Å². The lowest BCUT2D eigenvalue weighted by molar-refractivity contribution is -0.201. The number of rotatable bonds is 6.